The third kappa shape index (κ3) is 8.67. The summed E-state index contributed by atoms with van der Waals surface area (Å²) in [5.74, 6) is -0.446. The van der Waals surface area contributed by atoms with Gasteiger partial charge in [-0.2, -0.15) is 11.8 Å². The largest absolute Gasteiger partial charge is 0.454 e. The summed E-state index contributed by atoms with van der Waals surface area (Å²) in [6.07, 6.45) is 2.31. The number of esters is 1. The zero-order valence-corrected chi connectivity index (χ0v) is 17.7. The SMILES string of the molecule is CSCC[C@@H](NC(=O)c1ccc(Cl)cc1)C(=O)OCC(=O)N[C@@H](C)C(C)C. The van der Waals surface area contributed by atoms with E-state index in [4.69, 9.17) is 16.3 Å². The van der Waals surface area contributed by atoms with Crippen molar-refractivity contribution in [3.8, 4) is 0 Å². The Morgan fingerprint density at radius 2 is 1.74 bits per heavy atom. The number of carbonyl (C=O) groups is 3. The van der Waals surface area contributed by atoms with Crippen LogP contribution in [0.4, 0.5) is 0 Å². The summed E-state index contributed by atoms with van der Waals surface area (Å²) in [5.41, 5.74) is 0.393. The molecule has 0 aliphatic carbocycles. The number of halogens is 1. The maximum absolute atomic E-state index is 12.3. The highest BCUT2D eigenvalue weighted by atomic mass is 35.5. The summed E-state index contributed by atoms with van der Waals surface area (Å²) in [4.78, 5) is 36.6. The predicted molar refractivity (Wildman–Crippen MR) is 109 cm³/mol. The Bertz CT molecular complexity index is 637. The standard InChI is InChI=1S/C19H27ClN2O4S/c1-12(2)13(3)21-17(23)11-26-19(25)16(9-10-27-4)22-18(24)14-5-7-15(20)8-6-14/h5-8,12-13,16H,9-11H2,1-4H3,(H,21,23)(H,22,24)/t13-,16+/m0/s1. The number of rotatable bonds is 10. The molecule has 0 unspecified atom stereocenters. The monoisotopic (exact) mass is 414 g/mol. The van der Waals surface area contributed by atoms with Crippen LogP contribution in [0.3, 0.4) is 0 Å². The number of nitrogens with one attached hydrogen (secondary N) is 2. The van der Waals surface area contributed by atoms with Gasteiger partial charge < -0.3 is 15.4 Å². The second-order valence-electron chi connectivity index (χ2n) is 6.52. The van der Waals surface area contributed by atoms with Gasteiger partial charge in [0.15, 0.2) is 6.61 Å². The molecule has 2 amide bonds. The molecular weight excluding hydrogens is 388 g/mol. The van der Waals surface area contributed by atoms with E-state index in [-0.39, 0.29) is 24.5 Å². The molecule has 0 aliphatic rings. The Kier molecular flexibility index (Phi) is 10.3. The van der Waals surface area contributed by atoms with Crippen molar-refractivity contribution in [2.75, 3.05) is 18.6 Å². The van der Waals surface area contributed by atoms with Crippen molar-refractivity contribution in [1.82, 2.24) is 10.6 Å². The molecule has 27 heavy (non-hydrogen) atoms. The van der Waals surface area contributed by atoms with Gasteiger partial charge in [-0.15, -0.1) is 0 Å². The highest BCUT2D eigenvalue weighted by Gasteiger charge is 2.23. The number of hydrogen-bond donors (Lipinski definition) is 2. The molecular formula is C19H27ClN2O4S. The second kappa shape index (κ2) is 11.9. The van der Waals surface area contributed by atoms with Crippen molar-refractivity contribution >= 4 is 41.1 Å². The molecule has 2 N–H and O–H groups in total. The van der Waals surface area contributed by atoms with Gasteiger partial charge in [-0.25, -0.2) is 4.79 Å². The van der Waals surface area contributed by atoms with Crippen molar-refractivity contribution in [2.24, 2.45) is 5.92 Å². The molecule has 1 aromatic carbocycles. The van der Waals surface area contributed by atoms with Crippen LogP contribution in [0, 0.1) is 5.92 Å². The summed E-state index contributed by atoms with van der Waals surface area (Å²) >= 11 is 7.37. The summed E-state index contributed by atoms with van der Waals surface area (Å²) < 4.78 is 5.10. The molecule has 0 aliphatic heterocycles. The van der Waals surface area contributed by atoms with E-state index in [2.05, 4.69) is 10.6 Å². The van der Waals surface area contributed by atoms with Gasteiger partial charge in [-0.05, 0) is 55.5 Å². The van der Waals surface area contributed by atoms with Crippen LogP contribution in [0.5, 0.6) is 0 Å². The van der Waals surface area contributed by atoms with E-state index in [0.29, 0.717) is 22.8 Å². The van der Waals surface area contributed by atoms with Crippen molar-refractivity contribution in [2.45, 2.75) is 39.3 Å². The van der Waals surface area contributed by atoms with Crippen LogP contribution in [0.1, 0.15) is 37.6 Å². The Balaban J connectivity index is 2.63. The van der Waals surface area contributed by atoms with Gasteiger partial charge >= 0.3 is 5.97 Å². The number of ether oxygens (including phenoxy) is 1. The number of hydrogen-bond acceptors (Lipinski definition) is 5. The Morgan fingerprint density at radius 3 is 2.30 bits per heavy atom. The lowest BCUT2D eigenvalue weighted by Crippen LogP contribution is -2.44. The summed E-state index contributed by atoms with van der Waals surface area (Å²) in [5, 5.41) is 5.96. The van der Waals surface area contributed by atoms with E-state index >= 15 is 0 Å². The lowest BCUT2D eigenvalue weighted by molar-refractivity contribution is -0.150. The van der Waals surface area contributed by atoms with Gasteiger partial charge in [-0.3, -0.25) is 9.59 Å². The quantitative estimate of drug-likeness (QED) is 0.575. The van der Waals surface area contributed by atoms with Crippen LogP contribution in [0.2, 0.25) is 5.02 Å². The molecule has 1 rings (SSSR count). The smallest absolute Gasteiger partial charge is 0.329 e. The summed E-state index contributed by atoms with van der Waals surface area (Å²) in [6, 6.07) is 5.52. The molecule has 8 heteroatoms. The molecule has 0 radical (unpaired) electrons. The Hall–Kier alpha value is -1.73. The molecule has 0 bridgehead atoms. The fourth-order valence-corrected chi connectivity index (χ4v) is 2.62. The van der Waals surface area contributed by atoms with Gasteiger partial charge in [0.1, 0.15) is 6.04 Å². The minimum absolute atomic E-state index is 0.0203. The molecule has 0 fully saturated rings. The topological polar surface area (TPSA) is 84.5 Å². The average Bonchev–Trinajstić information content (AvgIpc) is 2.63. The third-order valence-corrected chi connectivity index (χ3v) is 4.94. The number of carbonyl (C=O) groups excluding carboxylic acids is 3. The third-order valence-electron chi connectivity index (χ3n) is 4.04. The molecule has 0 aromatic heterocycles. The van der Waals surface area contributed by atoms with E-state index in [1.165, 1.54) is 0 Å². The summed E-state index contributed by atoms with van der Waals surface area (Å²) in [6.45, 7) is 5.49. The van der Waals surface area contributed by atoms with Crippen molar-refractivity contribution in [3.05, 3.63) is 34.9 Å². The van der Waals surface area contributed by atoms with E-state index in [0.717, 1.165) is 0 Å². The van der Waals surface area contributed by atoms with Crippen LogP contribution in [0.25, 0.3) is 0 Å². The molecule has 0 saturated carbocycles. The number of amides is 2. The van der Waals surface area contributed by atoms with E-state index in [1.54, 1.807) is 36.0 Å². The predicted octanol–water partition coefficient (Wildman–Crippen LogP) is 2.90. The van der Waals surface area contributed by atoms with E-state index < -0.39 is 17.9 Å². The summed E-state index contributed by atoms with van der Waals surface area (Å²) in [7, 11) is 0. The van der Waals surface area contributed by atoms with Crippen LogP contribution >= 0.6 is 23.4 Å². The van der Waals surface area contributed by atoms with Crippen molar-refractivity contribution in [1.29, 1.82) is 0 Å². The van der Waals surface area contributed by atoms with Gasteiger partial charge in [0.05, 0.1) is 0 Å². The van der Waals surface area contributed by atoms with Crippen LogP contribution in [0.15, 0.2) is 24.3 Å². The highest BCUT2D eigenvalue weighted by molar-refractivity contribution is 7.98. The van der Waals surface area contributed by atoms with Gasteiger partial charge in [0.2, 0.25) is 0 Å². The molecule has 0 heterocycles. The zero-order valence-electron chi connectivity index (χ0n) is 16.1. The van der Waals surface area contributed by atoms with E-state index in [9.17, 15) is 14.4 Å². The molecule has 2 atom stereocenters. The number of thioether (sulfide) groups is 1. The van der Waals surface area contributed by atoms with Gasteiger partial charge in [-0.1, -0.05) is 25.4 Å². The zero-order chi connectivity index (χ0) is 20.4. The molecule has 6 nitrogen and oxygen atoms in total. The van der Waals surface area contributed by atoms with Gasteiger partial charge in [0.25, 0.3) is 11.8 Å². The van der Waals surface area contributed by atoms with E-state index in [1.807, 2.05) is 27.0 Å². The first-order valence-corrected chi connectivity index (χ1v) is 10.5. The maximum atomic E-state index is 12.3. The highest BCUT2D eigenvalue weighted by Crippen LogP contribution is 2.10. The molecule has 150 valence electrons. The Morgan fingerprint density at radius 1 is 1.11 bits per heavy atom. The maximum Gasteiger partial charge on any atom is 0.329 e. The van der Waals surface area contributed by atoms with Crippen molar-refractivity contribution < 1.29 is 19.1 Å². The minimum atomic E-state index is -0.823. The van der Waals surface area contributed by atoms with Crippen LogP contribution in [-0.2, 0) is 14.3 Å². The normalized spacial score (nSPS) is 13.0. The first-order valence-electron chi connectivity index (χ1n) is 8.76. The average molecular weight is 415 g/mol. The lowest BCUT2D eigenvalue weighted by atomic mass is 10.1. The second-order valence-corrected chi connectivity index (χ2v) is 7.94. The fraction of sp³-hybridized carbons (Fsp3) is 0.526. The lowest BCUT2D eigenvalue weighted by Gasteiger charge is -2.19. The first kappa shape index (κ1) is 23.3. The number of benzene rings is 1. The van der Waals surface area contributed by atoms with Crippen molar-refractivity contribution in [3.63, 3.8) is 0 Å². The first-order chi connectivity index (χ1) is 12.7. The minimum Gasteiger partial charge on any atom is -0.454 e. The Labute approximate surface area is 169 Å². The molecule has 0 spiro atoms. The fourth-order valence-electron chi connectivity index (χ4n) is 2.03. The molecule has 1 aromatic rings. The van der Waals surface area contributed by atoms with Crippen LogP contribution in [-0.4, -0.2) is 48.5 Å². The van der Waals surface area contributed by atoms with Crippen LogP contribution < -0.4 is 10.6 Å². The van der Waals surface area contributed by atoms with Gasteiger partial charge in [0, 0.05) is 16.6 Å². The molecule has 0 saturated heterocycles.